The lowest BCUT2D eigenvalue weighted by Gasteiger charge is -2.34. The van der Waals surface area contributed by atoms with Crippen molar-refractivity contribution in [3.05, 3.63) is 77.4 Å². The molecule has 3 aromatic carbocycles. The zero-order chi connectivity index (χ0) is 25.9. The number of aryl methyl sites for hydroxylation is 1. The zero-order valence-electron chi connectivity index (χ0n) is 21.7. The highest BCUT2D eigenvalue weighted by Crippen LogP contribution is 2.37. The lowest BCUT2D eigenvalue weighted by Crippen LogP contribution is -2.53. The SMILES string of the molecule is CC[C@@H](C(=O)NC1CCCCC1)N(Cc1ccccc1C)C(=O)CN1C(=O)c2cccc3cccc1c23. The lowest BCUT2D eigenvalue weighted by molar-refractivity contribution is -0.140. The number of nitrogens with zero attached hydrogens (tertiary/aromatic N) is 2. The van der Waals surface area contributed by atoms with Gasteiger partial charge in [0, 0.05) is 23.5 Å². The summed E-state index contributed by atoms with van der Waals surface area (Å²) in [5, 5.41) is 5.09. The molecule has 6 nitrogen and oxygen atoms in total. The van der Waals surface area contributed by atoms with Crippen LogP contribution in [0.4, 0.5) is 5.69 Å². The van der Waals surface area contributed by atoms with Gasteiger partial charge in [0.1, 0.15) is 12.6 Å². The molecule has 1 N–H and O–H groups in total. The Morgan fingerprint density at radius 2 is 1.73 bits per heavy atom. The molecule has 1 aliphatic carbocycles. The first-order valence-corrected chi connectivity index (χ1v) is 13.5. The van der Waals surface area contributed by atoms with E-state index in [0.717, 1.165) is 53.3 Å². The maximum absolute atomic E-state index is 14.0. The molecular formula is C31H35N3O3. The molecule has 0 spiro atoms. The van der Waals surface area contributed by atoms with Gasteiger partial charge in [-0.05, 0) is 54.8 Å². The molecule has 5 rings (SSSR count). The average Bonchev–Trinajstić information content (AvgIpc) is 3.18. The molecule has 1 aliphatic heterocycles. The number of hydrogen-bond donors (Lipinski definition) is 1. The van der Waals surface area contributed by atoms with Gasteiger partial charge in [0.15, 0.2) is 0 Å². The predicted octanol–water partition coefficient (Wildman–Crippen LogP) is 5.36. The van der Waals surface area contributed by atoms with Crippen molar-refractivity contribution in [1.29, 1.82) is 0 Å². The molecule has 192 valence electrons. The monoisotopic (exact) mass is 497 g/mol. The van der Waals surface area contributed by atoms with Gasteiger partial charge in [-0.25, -0.2) is 0 Å². The molecule has 0 bridgehead atoms. The molecule has 3 aromatic rings. The molecule has 1 atom stereocenters. The van der Waals surface area contributed by atoms with Gasteiger partial charge in [-0.3, -0.25) is 19.3 Å². The van der Waals surface area contributed by atoms with Crippen LogP contribution in [0.2, 0.25) is 0 Å². The minimum absolute atomic E-state index is 0.102. The van der Waals surface area contributed by atoms with E-state index in [9.17, 15) is 14.4 Å². The Balaban J connectivity index is 1.43. The van der Waals surface area contributed by atoms with Gasteiger partial charge in [-0.2, -0.15) is 0 Å². The first kappa shape index (κ1) is 25.0. The Morgan fingerprint density at radius 1 is 1.00 bits per heavy atom. The van der Waals surface area contributed by atoms with Gasteiger partial charge in [0.25, 0.3) is 5.91 Å². The van der Waals surface area contributed by atoms with Gasteiger partial charge < -0.3 is 10.2 Å². The second-order valence-electron chi connectivity index (χ2n) is 10.3. The van der Waals surface area contributed by atoms with E-state index >= 15 is 0 Å². The number of carbonyl (C=O) groups excluding carboxylic acids is 3. The van der Waals surface area contributed by atoms with Crippen LogP contribution in [0.3, 0.4) is 0 Å². The number of anilines is 1. The standard InChI is InChI=1S/C31H35N3O3/c1-3-26(30(36)32-24-15-5-4-6-16-24)33(19-23-12-8-7-11-21(23)2)28(35)20-34-27-18-10-14-22-13-9-17-25(29(22)27)31(34)37/h7-14,17-18,24,26H,3-6,15-16,19-20H2,1-2H3,(H,32,36)/t26-/m0/s1. The van der Waals surface area contributed by atoms with Crippen molar-refractivity contribution in [1.82, 2.24) is 10.2 Å². The van der Waals surface area contributed by atoms with Crippen molar-refractivity contribution in [3.63, 3.8) is 0 Å². The first-order valence-electron chi connectivity index (χ1n) is 13.5. The first-order chi connectivity index (χ1) is 18.0. The van der Waals surface area contributed by atoms with Crippen LogP contribution < -0.4 is 10.2 Å². The fourth-order valence-electron chi connectivity index (χ4n) is 5.80. The summed E-state index contributed by atoms with van der Waals surface area (Å²) >= 11 is 0. The van der Waals surface area contributed by atoms with Crippen molar-refractivity contribution in [2.24, 2.45) is 0 Å². The van der Waals surface area contributed by atoms with E-state index in [2.05, 4.69) is 5.32 Å². The highest BCUT2D eigenvalue weighted by molar-refractivity contribution is 6.26. The summed E-state index contributed by atoms with van der Waals surface area (Å²) in [4.78, 5) is 44.1. The Bertz CT molecular complexity index is 1320. The summed E-state index contributed by atoms with van der Waals surface area (Å²) in [7, 11) is 0. The van der Waals surface area contributed by atoms with Crippen molar-refractivity contribution < 1.29 is 14.4 Å². The number of rotatable bonds is 8. The summed E-state index contributed by atoms with van der Waals surface area (Å²) in [6.07, 6.45) is 5.92. The summed E-state index contributed by atoms with van der Waals surface area (Å²) in [6.45, 7) is 4.18. The van der Waals surface area contributed by atoms with Crippen molar-refractivity contribution in [2.75, 3.05) is 11.4 Å². The van der Waals surface area contributed by atoms with E-state index < -0.39 is 6.04 Å². The third-order valence-corrected chi connectivity index (χ3v) is 7.88. The summed E-state index contributed by atoms with van der Waals surface area (Å²) in [6, 6.07) is 19.0. The number of carbonyl (C=O) groups is 3. The Hall–Kier alpha value is -3.67. The second-order valence-corrected chi connectivity index (χ2v) is 10.3. The average molecular weight is 498 g/mol. The zero-order valence-corrected chi connectivity index (χ0v) is 21.7. The van der Waals surface area contributed by atoms with Crippen LogP contribution in [0, 0.1) is 6.92 Å². The van der Waals surface area contributed by atoms with Crippen LogP contribution in [0.25, 0.3) is 10.8 Å². The molecule has 1 saturated carbocycles. The van der Waals surface area contributed by atoms with Crippen LogP contribution in [0.15, 0.2) is 60.7 Å². The molecule has 0 saturated heterocycles. The van der Waals surface area contributed by atoms with E-state index in [-0.39, 0.29) is 30.3 Å². The molecule has 6 heteroatoms. The maximum Gasteiger partial charge on any atom is 0.259 e. The Morgan fingerprint density at radius 3 is 2.46 bits per heavy atom. The van der Waals surface area contributed by atoms with Gasteiger partial charge in [0.2, 0.25) is 11.8 Å². The quantitative estimate of drug-likeness (QED) is 0.455. The van der Waals surface area contributed by atoms with E-state index in [1.54, 1.807) is 9.80 Å². The van der Waals surface area contributed by atoms with E-state index in [0.29, 0.717) is 18.5 Å². The van der Waals surface area contributed by atoms with Gasteiger partial charge in [-0.1, -0.05) is 74.7 Å². The third kappa shape index (κ3) is 4.97. The van der Waals surface area contributed by atoms with E-state index in [1.165, 1.54) is 6.42 Å². The smallest absolute Gasteiger partial charge is 0.259 e. The predicted molar refractivity (Wildman–Crippen MR) is 146 cm³/mol. The lowest BCUT2D eigenvalue weighted by atomic mass is 9.95. The van der Waals surface area contributed by atoms with Crippen molar-refractivity contribution in [2.45, 2.75) is 71.0 Å². The number of benzene rings is 3. The summed E-state index contributed by atoms with van der Waals surface area (Å²) in [5.41, 5.74) is 3.44. The van der Waals surface area contributed by atoms with Crippen LogP contribution in [-0.4, -0.2) is 41.2 Å². The Kier molecular flexibility index (Phi) is 7.26. The van der Waals surface area contributed by atoms with Gasteiger partial charge >= 0.3 is 0 Å². The largest absolute Gasteiger partial charge is 0.352 e. The molecule has 1 heterocycles. The van der Waals surface area contributed by atoms with E-state index in [4.69, 9.17) is 0 Å². The van der Waals surface area contributed by atoms with Crippen LogP contribution in [-0.2, 0) is 16.1 Å². The van der Waals surface area contributed by atoms with Gasteiger partial charge in [-0.15, -0.1) is 0 Å². The molecule has 2 aliphatic rings. The van der Waals surface area contributed by atoms with Crippen LogP contribution in [0.5, 0.6) is 0 Å². The molecule has 0 unspecified atom stereocenters. The number of amides is 3. The third-order valence-electron chi connectivity index (χ3n) is 7.88. The highest BCUT2D eigenvalue weighted by atomic mass is 16.2. The van der Waals surface area contributed by atoms with Crippen molar-refractivity contribution >= 4 is 34.2 Å². The Labute approximate surface area is 218 Å². The number of hydrogen-bond acceptors (Lipinski definition) is 3. The molecular weight excluding hydrogens is 462 g/mol. The summed E-state index contributed by atoms with van der Waals surface area (Å²) in [5.74, 6) is -0.503. The van der Waals surface area contributed by atoms with Gasteiger partial charge in [0.05, 0.1) is 5.69 Å². The molecule has 0 radical (unpaired) electrons. The maximum atomic E-state index is 14.0. The minimum Gasteiger partial charge on any atom is -0.352 e. The topological polar surface area (TPSA) is 69.7 Å². The highest BCUT2D eigenvalue weighted by Gasteiger charge is 2.35. The molecule has 37 heavy (non-hydrogen) atoms. The van der Waals surface area contributed by atoms with Crippen LogP contribution in [0.1, 0.15) is 66.9 Å². The van der Waals surface area contributed by atoms with Crippen LogP contribution >= 0.6 is 0 Å². The second kappa shape index (κ2) is 10.8. The normalized spacial score (nSPS) is 16.2. The molecule has 3 amide bonds. The summed E-state index contributed by atoms with van der Waals surface area (Å²) < 4.78 is 0. The van der Waals surface area contributed by atoms with Crippen molar-refractivity contribution in [3.8, 4) is 0 Å². The number of nitrogens with one attached hydrogen (secondary N) is 1. The fraction of sp³-hybridized carbons (Fsp3) is 0.387. The molecule has 1 fully saturated rings. The fourth-order valence-corrected chi connectivity index (χ4v) is 5.80. The molecule has 0 aromatic heterocycles. The minimum atomic E-state index is -0.607. The van der Waals surface area contributed by atoms with E-state index in [1.807, 2.05) is 74.5 Å².